The number of rotatable bonds is 13. The molecule has 44 heavy (non-hydrogen) atoms. The molecule has 0 fully saturated rings. The summed E-state index contributed by atoms with van der Waals surface area (Å²) in [6.07, 6.45) is 4.23. The van der Waals surface area contributed by atoms with E-state index in [1.54, 1.807) is 37.1 Å². The minimum atomic E-state index is -0.540. The number of aryl methyl sites for hydroxylation is 1. The number of carbonyl (C=O) groups is 2. The summed E-state index contributed by atoms with van der Waals surface area (Å²) in [4.78, 5) is 29.2. The highest BCUT2D eigenvalue weighted by Gasteiger charge is 2.17. The number of ether oxygens (including phenoxy) is 3. The van der Waals surface area contributed by atoms with Gasteiger partial charge in [0, 0.05) is 32.0 Å². The summed E-state index contributed by atoms with van der Waals surface area (Å²) in [5.41, 5.74) is 1.88. The van der Waals surface area contributed by atoms with E-state index in [9.17, 15) is 9.59 Å². The summed E-state index contributed by atoms with van der Waals surface area (Å²) in [5.74, 6) is 2.05. The molecule has 4 aromatic rings. The number of carbonyl (C=O) groups excluding carboxylic acids is 2. The van der Waals surface area contributed by atoms with E-state index in [1.165, 1.54) is 12.3 Å². The van der Waals surface area contributed by atoms with Crippen molar-refractivity contribution in [3.63, 3.8) is 0 Å². The smallest absolute Gasteiger partial charge is 0.324 e. The van der Waals surface area contributed by atoms with Crippen LogP contribution < -0.4 is 30.7 Å². The molecular weight excluding hydrogens is 609 g/mol. The summed E-state index contributed by atoms with van der Waals surface area (Å²) in [6.45, 7) is 2.83. The first-order valence-corrected chi connectivity index (χ1v) is 14.5. The molecule has 14 heteroatoms. The van der Waals surface area contributed by atoms with Crippen molar-refractivity contribution >= 4 is 52.6 Å². The second kappa shape index (κ2) is 15.8. The Labute approximate surface area is 265 Å². The highest BCUT2D eigenvalue weighted by atomic mass is 35.5. The van der Waals surface area contributed by atoms with Crippen LogP contribution >= 0.6 is 23.2 Å². The predicted molar refractivity (Wildman–Crippen MR) is 171 cm³/mol. The third kappa shape index (κ3) is 8.75. The van der Waals surface area contributed by atoms with Crippen LogP contribution in [0.3, 0.4) is 0 Å². The third-order valence-electron chi connectivity index (χ3n) is 6.19. The van der Waals surface area contributed by atoms with E-state index in [0.29, 0.717) is 30.5 Å². The molecule has 0 aliphatic carbocycles. The number of urea groups is 2. The van der Waals surface area contributed by atoms with Crippen molar-refractivity contribution < 1.29 is 23.8 Å². The van der Waals surface area contributed by atoms with E-state index < -0.39 is 12.1 Å². The summed E-state index contributed by atoms with van der Waals surface area (Å²) in [7, 11) is 3.14. The van der Waals surface area contributed by atoms with Crippen LogP contribution in [-0.2, 0) is 11.2 Å². The first kappa shape index (κ1) is 32.4. The Morgan fingerprint density at radius 3 is 2.43 bits per heavy atom. The van der Waals surface area contributed by atoms with Crippen molar-refractivity contribution in [1.29, 1.82) is 0 Å². The maximum Gasteiger partial charge on any atom is 0.324 e. The molecule has 0 unspecified atom stereocenters. The lowest BCUT2D eigenvalue weighted by Gasteiger charge is -2.14. The van der Waals surface area contributed by atoms with Crippen molar-refractivity contribution in [2.45, 2.75) is 26.2 Å². The van der Waals surface area contributed by atoms with Gasteiger partial charge < -0.3 is 24.8 Å². The van der Waals surface area contributed by atoms with E-state index in [-0.39, 0.29) is 27.3 Å². The number of hydrogen-bond donors (Lipinski definition) is 4. The maximum atomic E-state index is 13.1. The Bertz CT molecular complexity index is 1580. The maximum absolute atomic E-state index is 13.1. The Hall–Kier alpha value is -4.52. The molecule has 0 atom stereocenters. The Morgan fingerprint density at radius 2 is 1.70 bits per heavy atom. The lowest BCUT2D eigenvalue weighted by atomic mass is 10.2. The molecule has 0 aliphatic rings. The molecule has 0 bridgehead atoms. The van der Waals surface area contributed by atoms with E-state index >= 15 is 0 Å². The van der Waals surface area contributed by atoms with Crippen molar-refractivity contribution in [2.24, 2.45) is 0 Å². The molecule has 0 radical (unpaired) electrons. The van der Waals surface area contributed by atoms with E-state index in [0.717, 1.165) is 30.6 Å². The molecule has 2 heterocycles. The minimum absolute atomic E-state index is 0.0801. The Balaban J connectivity index is 1.45. The fourth-order valence-corrected chi connectivity index (χ4v) is 4.40. The molecule has 4 N–H and O–H groups in total. The summed E-state index contributed by atoms with van der Waals surface area (Å²) in [6, 6.07) is 14.5. The zero-order chi connectivity index (χ0) is 31.5. The lowest BCUT2D eigenvalue weighted by Crippen LogP contribution is -2.31. The van der Waals surface area contributed by atoms with Gasteiger partial charge in [0.1, 0.15) is 33.9 Å². The van der Waals surface area contributed by atoms with Gasteiger partial charge >= 0.3 is 12.1 Å². The van der Waals surface area contributed by atoms with Gasteiger partial charge in [-0.05, 0) is 55.3 Å². The number of hydrogen-bond acceptors (Lipinski definition) is 7. The highest BCUT2D eigenvalue weighted by molar-refractivity contribution is 6.45. The largest absolute Gasteiger partial charge is 0.497 e. The second-order valence-electron chi connectivity index (χ2n) is 9.41. The van der Waals surface area contributed by atoms with Crippen LogP contribution in [0.4, 0.5) is 26.9 Å². The molecular formula is C30H33Cl2N7O5. The standard InChI is InChI=1S/C30H33Cl2N7O5/c1-4-5-6-19-17-26(39(38-19)20-7-9-21(43-3)10-8-20)37-30(41)35-23-11-12-24(28(32)27(23)31)44-22-13-14-33-25(18-22)36-29(40)34-15-16-42-2/h7-14,17-18H,4-6,15-16H2,1-3H3,(H2,35,37,41)(H2,33,34,36,40). The molecule has 0 aliphatic heterocycles. The lowest BCUT2D eigenvalue weighted by molar-refractivity contribution is 0.198. The monoisotopic (exact) mass is 641 g/mol. The van der Waals surface area contributed by atoms with Gasteiger partial charge in [-0.1, -0.05) is 36.5 Å². The summed E-state index contributed by atoms with van der Waals surface area (Å²) in [5, 5.41) is 15.7. The van der Waals surface area contributed by atoms with Gasteiger partial charge in [-0.25, -0.2) is 19.3 Å². The first-order chi connectivity index (χ1) is 21.3. The second-order valence-corrected chi connectivity index (χ2v) is 10.2. The van der Waals surface area contributed by atoms with E-state index in [1.807, 2.05) is 30.3 Å². The molecule has 0 saturated carbocycles. The van der Waals surface area contributed by atoms with Crippen molar-refractivity contribution in [2.75, 3.05) is 43.3 Å². The molecule has 4 rings (SSSR count). The number of amides is 4. The van der Waals surface area contributed by atoms with Gasteiger partial charge in [-0.3, -0.25) is 10.6 Å². The van der Waals surface area contributed by atoms with Crippen LogP contribution in [0.2, 0.25) is 10.0 Å². The van der Waals surface area contributed by atoms with Gasteiger partial charge in [0.05, 0.1) is 35.8 Å². The van der Waals surface area contributed by atoms with Gasteiger partial charge in [0.2, 0.25) is 0 Å². The molecule has 232 valence electrons. The number of nitrogens with zero attached hydrogens (tertiary/aromatic N) is 3. The van der Waals surface area contributed by atoms with Gasteiger partial charge in [-0.2, -0.15) is 5.10 Å². The molecule has 4 amide bonds. The number of aromatic nitrogens is 3. The fourth-order valence-electron chi connectivity index (χ4n) is 3.99. The van der Waals surface area contributed by atoms with Gasteiger partial charge in [0.25, 0.3) is 0 Å². The average Bonchev–Trinajstić information content (AvgIpc) is 3.42. The Kier molecular flexibility index (Phi) is 11.6. The molecule has 2 aromatic carbocycles. The molecule has 12 nitrogen and oxygen atoms in total. The van der Waals surface area contributed by atoms with Crippen LogP contribution in [0.1, 0.15) is 25.5 Å². The zero-order valence-corrected chi connectivity index (χ0v) is 26.0. The van der Waals surface area contributed by atoms with Gasteiger partial charge in [-0.15, -0.1) is 0 Å². The third-order valence-corrected chi connectivity index (χ3v) is 7.06. The van der Waals surface area contributed by atoms with Gasteiger partial charge in [0.15, 0.2) is 0 Å². The number of benzene rings is 2. The number of nitrogens with one attached hydrogen (secondary N) is 4. The summed E-state index contributed by atoms with van der Waals surface area (Å²) < 4.78 is 17.7. The number of methoxy groups -OCH3 is 2. The fraction of sp³-hybridized carbons (Fsp3) is 0.267. The van der Waals surface area contributed by atoms with E-state index in [4.69, 9.17) is 37.4 Å². The number of pyridine rings is 1. The predicted octanol–water partition coefficient (Wildman–Crippen LogP) is 7.13. The quantitative estimate of drug-likeness (QED) is 0.114. The van der Waals surface area contributed by atoms with Crippen molar-refractivity contribution in [1.82, 2.24) is 20.1 Å². The van der Waals surface area contributed by atoms with Crippen LogP contribution in [0.5, 0.6) is 17.2 Å². The van der Waals surface area contributed by atoms with Crippen molar-refractivity contribution in [3.8, 4) is 22.9 Å². The number of halogens is 2. The summed E-state index contributed by atoms with van der Waals surface area (Å²) >= 11 is 13.0. The number of unbranched alkanes of at least 4 members (excludes halogenated alkanes) is 1. The van der Waals surface area contributed by atoms with Crippen LogP contribution in [0.15, 0.2) is 60.8 Å². The first-order valence-electron chi connectivity index (χ1n) is 13.8. The van der Waals surface area contributed by atoms with Crippen LogP contribution in [0, 0.1) is 0 Å². The topological polar surface area (TPSA) is 141 Å². The normalized spacial score (nSPS) is 10.7. The highest BCUT2D eigenvalue weighted by Crippen LogP contribution is 2.39. The number of anilines is 3. The molecule has 0 spiro atoms. The zero-order valence-electron chi connectivity index (χ0n) is 24.4. The van der Waals surface area contributed by atoms with Crippen LogP contribution in [0.25, 0.3) is 5.69 Å². The Morgan fingerprint density at radius 1 is 0.909 bits per heavy atom. The minimum Gasteiger partial charge on any atom is -0.497 e. The molecule has 0 saturated heterocycles. The van der Waals surface area contributed by atoms with Crippen molar-refractivity contribution in [3.05, 3.63) is 76.5 Å². The van der Waals surface area contributed by atoms with E-state index in [2.05, 4.69) is 38.3 Å². The molecule has 2 aromatic heterocycles. The SMILES string of the molecule is CCCCc1cc(NC(=O)Nc2ccc(Oc3ccnc(NC(=O)NCCOC)c3)c(Cl)c2Cl)n(-c2ccc(OC)cc2)n1. The average molecular weight is 643 g/mol. The van der Waals surface area contributed by atoms with Crippen LogP contribution in [-0.4, -0.2) is 54.2 Å².